The minimum Gasteiger partial charge on any atom is -0.333 e. The quantitative estimate of drug-likeness (QED) is 0.901. The molecule has 2 aliphatic heterocycles. The zero-order valence-corrected chi connectivity index (χ0v) is 15.1. The SMILES string of the molecule is CC(C(=O)N(C)C1CCCN(c2ccccc2)C1=O)C1CNC1.Cl. The van der Waals surface area contributed by atoms with Gasteiger partial charge in [0.1, 0.15) is 6.04 Å². The van der Waals surface area contributed by atoms with Crippen molar-refractivity contribution < 1.29 is 9.59 Å². The fourth-order valence-electron chi connectivity index (χ4n) is 3.42. The Morgan fingerprint density at radius 3 is 2.54 bits per heavy atom. The summed E-state index contributed by atoms with van der Waals surface area (Å²) in [6.07, 6.45) is 1.67. The first kappa shape index (κ1) is 18.7. The Bertz CT molecular complexity index is 577. The maximum absolute atomic E-state index is 12.9. The lowest BCUT2D eigenvalue weighted by molar-refractivity contribution is -0.143. The van der Waals surface area contributed by atoms with Crippen LogP contribution in [0.5, 0.6) is 0 Å². The predicted molar refractivity (Wildman–Crippen MR) is 97.4 cm³/mol. The Balaban J connectivity index is 0.00000208. The van der Waals surface area contributed by atoms with Crippen LogP contribution in [0.1, 0.15) is 19.8 Å². The van der Waals surface area contributed by atoms with Crippen molar-refractivity contribution in [2.45, 2.75) is 25.8 Å². The van der Waals surface area contributed by atoms with E-state index in [9.17, 15) is 9.59 Å². The molecule has 0 radical (unpaired) electrons. The van der Waals surface area contributed by atoms with Crippen molar-refractivity contribution in [2.75, 3.05) is 31.6 Å². The lowest BCUT2D eigenvalue weighted by Crippen LogP contribution is -2.56. The third-order valence-electron chi connectivity index (χ3n) is 5.20. The highest BCUT2D eigenvalue weighted by molar-refractivity contribution is 6.00. The molecule has 132 valence electrons. The van der Waals surface area contributed by atoms with Gasteiger partial charge in [-0.25, -0.2) is 0 Å². The van der Waals surface area contributed by atoms with Crippen LogP contribution in [-0.2, 0) is 9.59 Å². The summed E-state index contributed by atoms with van der Waals surface area (Å²) >= 11 is 0. The van der Waals surface area contributed by atoms with Crippen LogP contribution in [0.25, 0.3) is 0 Å². The summed E-state index contributed by atoms with van der Waals surface area (Å²) in [5.74, 6) is 0.497. The van der Waals surface area contributed by atoms with E-state index in [0.717, 1.165) is 38.2 Å². The molecule has 0 bridgehead atoms. The first-order valence-corrected chi connectivity index (χ1v) is 8.43. The van der Waals surface area contributed by atoms with Gasteiger partial charge in [-0.15, -0.1) is 12.4 Å². The molecule has 5 nitrogen and oxygen atoms in total. The number of nitrogens with one attached hydrogen (secondary N) is 1. The van der Waals surface area contributed by atoms with Crippen molar-refractivity contribution >= 4 is 29.9 Å². The number of benzene rings is 1. The number of likely N-dealkylation sites (N-methyl/N-ethyl adjacent to an activating group) is 1. The fourth-order valence-corrected chi connectivity index (χ4v) is 3.42. The molecule has 2 atom stereocenters. The molecule has 1 aromatic carbocycles. The molecule has 2 unspecified atom stereocenters. The van der Waals surface area contributed by atoms with E-state index in [0.29, 0.717) is 5.92 Å². The molecule has 2 heterocycles. The molecule has 0 aliphatic carbocycles. The number of carbonyl (C=O) groups excluding carboxylic acids is 2. The molecule has 6 heteroatoms. The second-order valence-corrected chi connectivity index (χ2v) is 6.64. The van der Waals surface area contributed by atoms with E-state index in [4.69, 9.17) is 0 Å². The van der Waals surface area contributed by atoms with Crippen molar-refractivity contribution in [3.63, 3.8) is 0 Å². The standard InChI is InChI=1S/C18H25N3O2.ClH/c1-13(14-11-19-12-14)17(22)20(2)16-9-6-10-21(18(16)23)15-7-4-3-5-8-15;/h3-5,7-8,13-14,16,19H,6,9-12H2,1-2H3;1H. The van der Waals surface area contributed by atoms with E-state index in [-0.39, 0.29) is 36.2 Å². The summed E-state index contributed by atoms with van der Waals surface area (Å²) in [6.45, 7) is 4.50. The average molecular weight is 352 g/mol. The Labute approximate surface area is 149 Å². The molecule has 3 rings (SSSR count). The maximum atomic E-state index is 12.9. The molecule has 2 saturated heterocycles. The highest BCUT2D eigenvalue weighted by Gasteiger charge is 2.38. The van der Waals surface area contributed by atoms with E-state index < -0.39 is 0 Å². The Morgan fingerprint density at radius 2 is 1.96 bits per heavy atom. The van der Waals surface area contributed by atoms with Crippen LogP contribution in [-0.4, -0.2) is 49.4 Å². The Kier molecular flexibility index (Phi) is 6.24. The molecule has 0 spiro atoms. The second kappa shape index (κ2) is 7.99. The highest BCUT2D eigenvalue weighted by atomic mass is 35.5. The number of piperidine rings is 1. The van der Waals surface area contributed by atoms with Crippen molar-refractivity contribution in [3.8, 4) is 0 Å². The molecular formula is C18H26ClN3O2. The summed E-state index contributed by atoms with van der Waals surface area (Å²) in [5.41, 5.74) is 0.916. The van der Waals surface area contributed by atoms with Gasteiger partial charge in [-0.2, -0.15) is 0 Å². The van der Waals surface area contributed by atoms with Crippen LogP contribution >= 0.6 is 12.4 Å². The van der Waals surface area contributed by atoms with Gasteiger partial charge in [0.25, 0.3) is 0 Å². The zero-order chi connectivity index (χ0) is 16.4. The summed E-state index contributed by atoms with van der Waals surface area (Å²) in [6, 6.07) is 9.38. The van der Waals surface area contributed by atoms with Gasteiger partial charge in [-0.1, -0.05) is 25.1 Å². The maximum Gasteiger partial charge on any atom is 0.249 e. The van der Waals surface area contributed by atoms with Gasteiger partial charge in [0.05, 0.1) is 0 Å². The molecule has 1 N–H and O–H groups in total. The number of nitrogens with zero attached hydrogens (tertiary/aromatic N) is 2. The lowest BCUT2D eigenvalue weighted by atomic mass is 9.87. The van der Waals surface area contributed by atoms with Crippen LogP contribution in [0.15, 0.2) is 30.3 Å². The molecule has 1 aromatic rings. The van der Waals surface area contributed by atoms with Gasteiger partial charge in [-0.05, 0) is 44.0 Å². The number of halogens is 1. The van der Waals surface area contributed by atoms with Crippen LogP contribution in [0, 0.1) is 11.8 Å². The van der Waals surface area contributed by atoms with Crippen LogP contribution in [0.4, 0.5) is 5.69 Å². The molecule has 24 heavy (non-hydrogen) atoms. The molecule has 2 amide bonds. The van der Waals surface area contributed by atoms with Gasteiger partial charge in [0.15, 0.2) is 0 Å². The first-order chi connectivity index (χ1) is 11.1. The first-order valence-electron chi connectivity index (χ1n) is 8.43. The number of para-hydroxylation sites is 1. The average Bonchev–Trinajstić information content (AvgIpc) is 2.53. The third kappa shape index (κ3) is 3.57. The minimum atomic E-state index is -0.341. The molecular weight excluding hydrogens is 326 g/mol. The summed E-state index contributed by atoms with van der Waals surface area (Å²) in [7, 11) is 1.78. The van der Waals surface area contributed by atoms with Crippen molar-refractivity contribution in [1.82, 2.24) is 10.2 Å². The van der Waals surface area contributed by atoms with E-state index >= 15 is 0 Å². The smallest absolute Gasteiger partial charge is 0.249 e. The van der Waals surface area contributed by atoms with Gasteiger partial charge >= 0.3 is 0 Å². The van der Waals surface area contributed by atoms with Gasteiger partial charge in [0, 0.05) is 25.2 Å². The highest BCUT2D eigenvalue weighted by Crippen LogP contribution is 2.25. The monoisotopic (exact) mass is 351 g/mol. The topological polar surface area (TPSA) is 52.7 Å². The fraction of sp³-hybridized carbons (Fsp3) is 0.556. The van der Waals surface area contributed by atoms with Crippen molar-refractivity contribution in [3.05, 3.63) is 30.3 Å². The third-order valence-corrected chi connectivity index (χ3v) is 5.20. The van der Waals surface area contributed by atoms with E-state index in [1.54, 1.807) is 11.9 Å². The number of carbonyl (C=O) groups is 2. The largest absolute Gasteiger partial charge is 0.333 e. The Hall–Kier alpha value is -1.59. The summed E-state index contributed by atoms with van der Waals surface area (Å²) < 4.78 is 0. The summed E-state index contributed by atoms with van der Waals surface area (Å²) in [4.78, 5) is 29.1. The minimum absolute atomic E-state index is 0. The second-order valence-electron chi connectivity index (χ2n) is 6.64. The number of hydrogen-bond donors (Lipinski definition) is 1. The van der Waals surface area contributed by atoms with Crippen LogP contribution < -0.4 is 10.2 Å². The van der Waals surface area contributed by atoms with Gasteiger partial charge in [0.2, 0.25) is 11.8 Å². The number of rotatable bonds is 4. The van der Waals surface area contributed by atoms with E-state index in [1.807, 2.05) is 42.2 Å². The van der Waals surface area contributed by atoms with Crippen LogP contribution in [0.2, 0.25) is 0 Å². The van der Waals surface area contributed by atoms with Gasteiger partial charge in [-0.3, -0.25) is 9.59 Å². The molecule has 2 aliphatic rings. The van der Waals surface area contributed by atoms with E-state index in [2.05, 4.69) is 5.32 Å². The number of hydrogen-bond acceptors (Lipinski definition) is 3. The number of amides is 2. The molecule has 0 saturated carbocycles. The Morgan fingerprint density at radius 1 is 1.29 bits per heavy atom. The molecule has 0 aromatic heterocycles. The zero-order valence-electron chi connectivity index (χ0n) is 14.3. The summed E-state index contributed by atoms with van der Waals surface area (Å²) in [5, 5.41) is 3.21. The van der Waals surface area contributed by atoms with Crippen LogP contribution in [0.3, 0.4) is 0 Å². The number of anilines is 1. The molecule has 2 fully saturated rings. The lowest BCUT2D eigenvalue weighted by Gasteiger charge is -2.40. The predicted octanol–water partition coefficient (Wildman–Crippen LogP) is 1.92. The normalized spacial score (nSPS) is 22.3. The van der Waals surface area contributed by atoms with Gasteiger partial charge < -0.3 is 15.1 Å². The van der Waals surface area contributed by atoms with Crippen molar-refractivity contribution in [2.24, 2.45) is 11.8 Å². The van der Waals surface area contributed by atoms with Crippen molar-refractivity contribution in [1.29, 1.82) is 0 Å². The van der Waals surface area contributed by atoms with E-state index in [1.165, 1.54) is 0 Å².